The summed E-state index contributed by atoms with van der Waals surface area (Å²) in [4.78, 5) is 13.1. The molecule has 1 atom stereocenters. The fourth-order valence-corrected chi connectivity index (χ4v) is 2.62. The molecule has 98 valence electrons. The van der Waals surface area contributed by atoms with Crippen LogP contribution in [0.15, 0.2) is 29.2 Å². The van der Waals surface area contributed by atoms with Crippen LogP contribution in [0.4, 0.5) is 0 Å². The van der Waals surface area contributed by atoms with Crippen LogP contribution in [0.3, 0.4) is 0 Å². The first-order valence-electron chi connectivity index (χ1n) is 6.45. The van der Waals surface area contributed by atoms with Crippen LogP contribution in [0, 0.1) is 0 Å². The molecule has 1 aromatic rings. The van der Waals surface area contributed by atoms with Crippen molar-refractivity contribution in [3.05, 3.63) is 29.8 Å². The molecule has 0 aliphatic carbocycles. The first-order chi connectivity index (χ1) is 8.79. The van der Waals surface area contributed by atoms with Gasteiger partial charge in [0.2, 0.25) is 0 Å². The number of hydrogen-bond donors (Lipinski definition) is 2. The van der Waals surface area contributed by atoms with Crippen molar-refractivity contribution in [3.63, 3.8) is 0 Å². The van der Waals surface area contributed by atoms with Gasteiger partial charge in [0.05, 0.1) is 0 Å². The van der Waals surface area contributed by atoms with Crippen molar-refractivity contribution in [2.45, 2.75) is 30.2 Å². The second-order valence-corrected chi connectivity index (χ2v) is 5.45. The van der Waals surface area contributed by atoms with Crippen LogP contribution in [0.1, 0.15) is 29.6 Å². The monoisotopic (exact) mass is 264 g/mol. The van der Waals surface area contributed by atoms with Crippen LogP contribution < -0.4 is 10.6 Å². The molecule has 1 aliphatic rings. The summed E-state index contributed by atoms with van der Waals surface area (Å²) in [7, 11) is 0. The molecule has 1 aliphatic heterocycles. The summed E-state index contributed by atoms with van der Waals surface area (Å²) in [6, 6.07) is 8.32. The fraction of sp³-hybridized carbons (Fsp3) is 0.500. The van der Waals surface area contributed by atoms with Gasteiger partial charge in [0, 0.05) is 23.0 Å². The molecule has 1 heterocycles. The summed E-state index contributed by atoms with van der Waals surface area (Å²) in [5, 5.41) is 6.41. The first kappa shape index (κ1) is 13.4. The smallest absolute Gasteiger partial charge is 0.251 e. The maximum atomic E-state index is 11.9. The van der Waals surface area contributed by atoms with Crippen LogP contribution in [0.25, 0.3) is 0 Å². The SMILES string of the molecule is CSc1ccc(C(=O)NCC[C@@H]2CCCN2)cc1. The largest absolute Gasteiger partial charge is 0.352 e. The molecule has 2 rings (SSSR count). The summed E-state index contributed by atoms with van der Waals surface area (Å²) < 4.78 is 0. The third kappa shape index (κ3) is 3.75. The summed E-state index contributed by atoms with van der Waals surface area (Å²) in [5.74, 6) is 0.0284. The van der Waals surface area contributed by atoms with Crippen molar-refractivity contribution >= 4 is 17.7 Å². The van der Waals surface area contributed by atoms with E-state index in [0.29, 0.717) is 6.04 Å². The summed E-state index contributed by atoms with van der Waals surface area (Å²) >= 11 is 1.68. The standard InChI is InChI=1S/C14H20N2OS/c1-18-13-6-4-11(5-7-13)14(17)16-10-8-12-3-2-9-15-12/h4-7,12,15H,2-3,8-10H2,1H3,(H,16,17)/t12-/m0/s1. The molecule has 3 nitrogen and oxygen atoms in total. The highest BCUT2D eigenvalue weighted by molar-refractivity contribution is 7.98. The average molecular weight is 264 g/mol. The molecule has 18 heavy (non-hydrogen) atoms. The van der Waals surface area contributed by atoms with Crippen molar-refractivity contribution < 1.29 is 4.79 Å². The molecular weight excluding hydrogens is 244 g/mol. The Morgan fingerprint density at radius 1 is 1.44 bits per heavy atom. The van der Waals surface area contributed by atoms with E-state index in [-0.39, 0.29) is 5.91 Å². The molecule has 4 heteroatoms. The molecule has 1 amide bonds. The molecular formula is C14H20N2OS. The van der Waals surface area contributed by atoms with Crippen LogP contribution in [0.5, 0.6) is 0 Å². The molecule has 0 unspecified atom stereocenters. The summed E-state index contributed by atoms with van der Waals surface area (Å²) in [5.41, 5.74) is 0.743. The minimum absolute atomic E-state index is 0.0284. The van der Waals surface area contributed by atoms with Crippen LogP contribution >= 0.6 is 11.8 Å². The molecule has 0 saturated carbocycles. The van der Waals surface area contributed by atoms with E-state index in [1.54, 1.807) is 11.8 Å². The van der Waals surface area contributed by atoms with Crippen LogP contribution in [-0.4, -0.2) is 31.3 Å². The molecule has 2 N–H and O–H groups in total. The topological polar surface area (TPSA) is 41.1 Å². The van der Waals surface area contributed by atoms with Crippen molar-refractivity contribution in [1.82, 2.24) is 10.6 Å². The Bertz CT molecular complexity index is 385. The normalized spacial score (nSPS) is 18.8. The van der Waals surface area contributed by atoms with E-state index in [4.69, 9.17) is 0 Å². The molecule has 0 radical (unpaired) electrons. The number of thioether (sulfide) groups is 1. The van der Waals surface area contributed by atoms with Crippen molar-refractivity contribution in [3.8, 4) is 0 Å². The number of hydrogen-bond acceptors (Lipinski definition) is 3. The highest BCUT2D eigenvalue weighted by Gasteiger charge is 2.13. The van der Waals surface area contributed by atoms with Gasteiger partial charge in [0.1, 0.15) is 0 Å². The lowest BCUT2D eigenvalue weighted by molar-refractivity contribution is 0.0952. The van der Waals surface area contributed by atoms with E-state index in [1.165, 1.54) is 17.7 Å². The summed E-state index contributed by atoms with van der Waals surface area (Å²) in [6.45, 7) is 1.87. The predicted molar refractivity (Wildman–Crippen MR) is 76.2 cm³/mol. The average Bonchev–Trinajstić information content (AvgIpc) is 2.92. The Morgan fingerprint density at radius 3 is 2.83 bits per heavy atom. The first-order valence-corrected chi connectivity index (χ1v) is 7.67. The van der Waals surface area contributed by atoms with E-state index in [0.717, 1.165) is 25.1 Å². The zero-order valence-electron chi connectivity index (χ0n) is 10.7. The van der Waals surface area contributed by atoms with E-state index in [9.17, 15) is 4.79 Å². The van der Waals surface area contributed by atoms with Gasteiger partial charge in [0.15, 0.2) is 0 Å². The van der Waals surface area contributed by atoms with Gasteiger partial charge in [-0.25, -0.2) is 0 Å². The van der Waals surface area contributed by atoms with Gasteiger partial charge in [-0.15, -0.1) is 11.8 Å². The minimum atomic E-state index is 0.0284. The van der Waals surface area contributed by atoms with Gasteiger partial charge in [-0.05, 0) is 56.3 Å². The zero-order chi connectivity index (χ0) is 12.8. The molecule has 1 aromatic carbocycles. The van der Waals surface area contributed by atoms with Gasteiger partial charge in [-0.2, -0.15) is 0 Å². The highest BCUT2D eigenvalue weighted by atomic mass is 32.2. The van der Waals surface area contributed by atoms with Crippen molar-refractivity contribution in [1.29, 1.82) is 0 Å². The Balaban J connectivity index is 1.76. The van der Waals surface area contributed by atoms with E-state index >= 15 is 0 Å². The third-order valence-corrected chi connectivity index (χ3v) is 4.04. The molecule has 1 fully saturated rings. The number of benzene rings is 1. The number of nitrogens with one attached hydrogen (secondary N) is 2. The summed E-state index contributed by atoms with van der Waals surface area (Å²) in [6.07, 6.45) is 5.55. The lowest BCUT2D eigenvalue weighted by Crippen LogP contribution is -2.30. The Labute approximate surface area is 113 Å². The van der Waals surface area contributed by atoms with Crippen molar-refractivity contribution in [2.24, 2.45) is 0 Å². The second-order valence-electron chi connectivity index (χ2n) is 4.57. The van der Waals surface area contributed by atoms with Crippen molar-refractivity contribution in [2.75, 3.05) is 19.3 Å². The number of amides is 1. The lowest BCUT2D eigenvalue weighted by atomic mass is 10.1. The van der Waals surface area contributed by atoms with E-state index in [2.05, 4.69) is 10.6 Å². The predicted octanol–water partition coefficient (Wildman–Crippen LogP) is 2.28. The van der Waals surface area contributed by atoms with Gasteiger partial charge in [-0.1, -0.05) is 0 Å². The van der Waals surface area contributed by atoms with Crippen LogP contribution in [-0.2, 0) is 0 Å². The number of carbonyl (C=O) groups is 1. The Morgan fingerprint density at radius 2 is 2.22 bits per heavy atom. The Kier molecular flexibility index (Phi) is 5.08. The van der Waals surface area contributed by atoms with Gasteiger partial charge in [0.25, 0.3) is 5.91 Å². The minimum Gasteiger partial charge on any atom is -0.352 e. The molecule has 0 aromatic heterocycles. The zero-order valence-corrected chi connectivity index (χ0v) is 11.6. The quantitative estimate of drug-likeness (QED) is 0.802. The van der Waals surface area contributed by atoms with E-state index in [1.807, 2.05) is 30.5 Å². The molecule has 1 saturated heterocycles. The van der Waals surface area contributed by atoms with Gasteiger partial charge < -0.3 is 10.6 Å². The number of rotatable bonds is 5. The second kappa shape index (κ2) is 6.81. The van der Waals surface area contributed by atoms with E-state index < -0.39 is 0 Å². The maximum Gasteiger partial charge on any atom is 0.251 e. The van der Waals surface area contributed by atoms with Gasteiger partial charge in [-0.3, -0.25) is 4.79 Å². The third-order valence-electron chi connectivity index (χ3n) is 3.29. The lowest BCUT2D eigenvalue weighted by Gasteiger charge is -2.10. The highest BCUT2D eigenvalue weighted by Crippen LogP contribution is 2.14. The Hall–Kier alpha value is -1.00. The van der Waals surface area contributed by atoms with Gasteiger partial charge >= 0.3 is 0 Å². The maximum absolute atomic E-state index is 11.9. The molecule has 0 spiro atoms. The fourth-order valence-electron chi connectivity index (χ4n) is 2.21. The van der Waals surface area contributed by atoms with Crippen LogP contribution in [0.2, 0.25) is 0 Å². The number of carbonyl (C=O) groups excluding carboxylic acids is 1. The molecule has 0 bridgehead atoms.